The summed E-state index contributed by atoms with van der Waals surface area (Å²) >= 11 is 0. The van der Waals surface area contributed by atoms with Crippen molar-refractivity contribution in [3.8, 4) is 23.3 Å². The van der Waals surface area contributed by atoms with E-state index in [9.17, 15) is 14.4 Å². The molecular formula is C19H11FN4O3. The van der Waals surface area contributed by atoms with Crippen LogP contribution in [0.25, 0.3) is 11.8 Å². The third kappa shape index (κ3) is 3.14. The fourth-order valence-corrected chi connectivity index (χ4v) is 2.64. The number of carbonyl (C=O) groups excluding carboxylic acids is 1. The Morgan fingerprint density at radius 1 is 1.22 bits per heavy atom. The summed E-state index contributed by atoms with van der Waals surface area (Å²) in [6.45, 7) is 0.0886. The molecule has 27 heavy (non-hydrogen) atoms. The lowest BCUT2D eigenvalue weighted by Gasteiger charge is -2.05. The van der Waals surface area contributed by atoms with E-state index in [1.807, 2.05) is 6.07 Å². The fourth-order valence-electron chi connectivity index (χ4n) is 2.64. The van der Waals surface area contributed by atoms with E-state index in [0.717, 1.165) is 0 Å². The van der Waals surface area contributed by atoms with Crippen molar-refractivity contribution in [2.45, 2.75) is 0 Å². The van der Waals surface area contributed by atoms with Gasteiger partial charge < -0.3 is 9.47 Å². The molecule has 8 heteroatoms. The normalized spacial score (nSPS) is 12.7. The number of Topliss-reactive ketones (excluding diaryl/α,β-unsaturated/α-hetero) is 1. The number of carbonyl (C=O) groups is 1. The summed E-state index contributed by atoms with van der Waals surface area (Å²) in [5.74, 6) is -0.0557. The van der Waals surface area contributed by atoms with Gasteiger partial charge in [0.1, 0.15) is 35.8 Å². The summed E-state index contributed by atoms with van der Waals surface area (Å²) < 4.78 is 26.1. The van der Waals surface area contributed by atoms with Crippen LogP contribution in [0.1, 0.15) is 15.9 Å². The van der Waals surface area contributed by atoms with Crippen LogP contribution in [0.5, 0.6) is 11.5 Å². The Morgan fingerprint density at radius 2 is 2.07 bits per heavy atom. The van der Waals surface area contributed by atoms with E-state index in [-0.39, 0.29) is 23.6 Å². The number of benzene rings is 2. The van der Waals surface area contributed by atoms with Crippen molar-refractivity contribution in [3.63, 3.8) is 0 Å². The lowest BCUT2D eigenvalue weighted by molar-refractivity contribution is 0.103. The van der Waals surface area contributed by atoms with Gasteiger partial charge in [0, 0.05) is 5.56 Å². The molecule has 0 saturated heterocycles. The molecule has 1 aliphatic heterocycles. The molecule has 0 unspecified atom stereocenters. The summed E-state index contributed by atoms with van der Waals surface area (Å²) in [6, 6.07) is 10.9. The number of hydrogen-bond donors (Lipinski definition) is 0. The van der Waals surface area contributed by atoms with Gasteiger partial charge in [-0.15, -0.1) is 0 Å². The number of aromatic nitrogens is 3. The second kappa shape index (κ2) is 6.72. The number of nitriles is 1. The zero-order valence-electron chi connectivity index (χ0n) is 13.8. The summed E-state index contributed by atoms with van der Waals surface area (Å²) in [6.07, 6.45) is 4.00. The smallest absolute Gasteiger partial charge is 0.231 e. The largest absolute Gasteiger partial charge is 0.454 e. The highest BCUT2D eigenvalue weighted by Crippen LogP contribution is 2.33. The lowest BCUT2D eigenvalue weighted by Crippen LogP contribution is -2.02. The van der Waals surface area contributed by atoms with Crippen molar-refractivity contribution in [2.24, 2.45) is 0 Å². The van der Waals surface area contributed by atoms with Gasteiger partial charge in [0.25, 0.3) is 0 Å². The van der Waals surface area contributed by atoms with Crippen molar-refractivity contribution in [2.75, 3.05) is 6.79 Å². The molecule has 0 N–H and O–H groups in total. The predicted octanol–water partition coefficient (Wildman–Crippen LogP) is 2.92. The molecule has 1 aromatic heterocycles. The minimum atomic E-state index is -0.554. The number of rotatable bonds is 4. The average Bonchev–Trinajstić information content (AvgIpc) is 3.36. The number of ketones is 1. The van der Waals surface area contributed by atoms with Crippen molar-refractivity contribution in [3.05, 3.63) is 71.6 Å². The van der Waals surface area contributed by atoms with Crippen LogP contribution in [0.3, 0.4) is 0 Å². The van der Waals surface area contributed by atoms with Crippen LogP contribution in [0.2, 0.25) is 0 Å². The quantitative estimate of drug-likeness (QED) is 0.403. The van der Waals surface area contributed by atoms with Gasteiger partial charge in [0.05, 0.1) is 0 Å². The van der Waals surface area contributed by atoms with Gasteiger partial charge in [0.2, 0.25) is 12.6 Å². The maximum absolute atomic E-state index is 14.3. The average molecular weight is 362 g/mol. The third-order valence-corrected chi connectivity index (χ3v) is 3.95. The van der Waals surface area contributed by atoms with Crippen LogP contribution in [-0.4, -0.2) is 27.3 Å². The molecule has 0 radical (unpaired) electrons. The van der Waals surface area contributed by atoms with Crippen LogP contribution in [0, 0.1) is 17.1 Å². The Morgan fingerprint density at radius 3 is 2.81 bits per heavy atom. The maximum atomic E-state index is 14.3. The number of allylic oxidation sites excluding steroid dienone is 1. The van der Waals surface area contributed by atoms with Crippen LogP contribution in [0.15, 0.2) is 54.6 Å². The fraction of sp³-hybridized carbons (Fsp3) is 0.0526. The minimum absolute atomic E-state index is 0.0886. The maximum Gasteiger partial charge on any atom is 0.231 e. The van der Waals surface area contributed by atoms with Crippen LogP contribution in [-0.2, 0) is 0 Å². The Kier molecular flexibility index (Phi) is 4.10. The number of halogens is 1. The first-order chi connectivity index (χ1) is 13.2. The summed E-state index contributed by atoms with van der Waals surface area (Å²) in [5.41, 5.74) is 0.751. The highest BCUT2D eigenvalue weighted by molar-refractivity contribution is 6.14. The molecule has 2 aromatic carbocycles. The third-order valence-electron chi connectivity index (χ3n) is 3.95. The van der Waals surface area contributed by atoms with Crippen LogP contribution in [0.4, 0.5) is 4.39 Å². The summed E-state index contributed by atoms with van der Waals surface area (Å²) in [5, 5.41) is 13.2. The molecule has 2 heterocycles. The first-order valence-electron chi connectivity index (χ1n) is 7.86. The monoisotopic (exact) mass is 362 g/mol. The van der Waals surface area contributed by atoms with Crippen molar-refractivity contribution < 1.29 is 18.7 Å². The van der Waals surface area contributed by atoms with Gasteiger partial charge in [0.15, 0.2) is 11.5 Å². The Labute approximate surface area is 152 Å². The summed E-state index contributed by atoms with van der Waals surface area (Å²) in [4.78, 5) is 16.4. The van der Waals surface area contributed by atoms with Gasteiger partial charge >= 0.3 is 0 Å². The topological polar surface area (TPSA) is 90.0 Å². The minimum Gasteiger partial charge on any atom is -0.454 e. The predicted molar refractivity (Wildman–Crippen MR) is 91.8 cm³/mol. The molecule has 1 aliphatic rings. The van der Waals surface area contributed by atoms with Crippen LogP contribution < -0.4 is 9.47 Å². The van der Waals surface area contributed by atoms with E-state index in [4.69, 9.17) is 9.47 Å². The van der Waals surface area contributed by atoms with Gasteiger partial charge in [-0.1, -0.05) is 6.07 Å². The second-order valence-corrected chi connectivity index (χ2v) is 5.62. The highest BCUT2D eigenvalue weighted by Gasteiger charge is 2.19. The van der Waals surface area contributed by atoms with Gasteiger partial charge in [-0.2, -0.15) is 10.4 Å². The summed E-state index contributed by atoms with van der Waals surface area (Å²) in [7, 11) is 0. The molecule has 4 rings (SSSR count). The molecule has 0 fully saturated rings. The zero-order chi connectivity index (χ0) is 18.8. The van der Waals surface area contributed by atoms with Crippen molar-refractivity contribution in [1.29, 1.82) is 5.26 Å². The Balaban J connectivity index is 1.64. The van der Waals surface area contributed by atoms with E-state index in [1.54, 1.807) is 18.2 Å². The molecule has 0 aliphatic carbocycles. The highest BCUT2D eigenvalue weighted by atomic mass is 19.1. The van der Waals surface area contributed by atoms with E-state index in [1.165, 1.54) is 41.6 Å². The van der Waals surface area contributed by atoms with Gasteiger partial charge in [-0.25, -0.2) is 14.1 Å². The first kappa shape index (κ1) is 16.5. The molecule has 7 nitrogen and oxygen atoms in total. The first-order valence-corrected chi connectivity index (χ1v) is 7.86. The number of fused-ring (bicyclic) bond motifs is 1. The van der Waals surface area contributed by atoms with E-state index in [2.05, 4.69) is 10.1 Å². The van der Waals surface area contributed by atoms with Crippen molar-refractivity contribution in [1.82, 2.24) is 14.8 Å². The van der Waals surface area contributed by atoms with Crippen molar-refractivity contribution >= 4 is 11.9 Å². The number of hydrogen-bond acceptors (Lipinski definition) is 6. The zero-order valence-corrected chi connectivity index (χ0v) is 13.8. The standard InChI is InChI=1S/C19H11FN4O3/c20-15-6-12(1-3-16(15)24-10-22-9-23-24)5-14(8-21)19(25)13-2-4-17-18(7-13)27-11-26-17/h1-7,9-10H,11H2/b14-5+. The van der Waals surface area contributed by atoms with E-state index in [0.29, 0.717) is 17.1 Å². The molecule has 132 valence electrons. The molecule has 0 saturated carbocycles. The molecule has 3 aromatic rings. The lowest BCUT2D eigenvalue weighted by atomic mass is 10.0. The number of nitrogens with zero attached hydrogens (tertiary/aromatic N) is 4. The SMILES string of the molecule is N#C/C(=C\c1ccc(-n2cncn2)c(F)c1)C(=O)c1ccc2c(c1)OCO2. The van der Waals surface area contributed by atoms with E-state index >= 15 is 0 Å². The molecule has 0 spiro atoms. The number of ether oxygens (including phenoxy) is 2. The van der Waals surface area contributed by atoms with Gasteiger partial charge in [-0.05, 0) is 42.0 Å². The van der Waals surface area contributed by atoms with E-state index < -0.39 is 11.6 Å². The molecule has 0 bridgehead atoms. The molecule has 0 amide bonds. The van der Waals surface area contributed by atoms with Crippen LogP contribution >= 0.6 is 0 Å². The molecular weight excluding hydrogens is 351 g/mol. The second-order valence-electron chi connectivity index (χ2n) is 5.62. The molecule has 0 atom stereocenters. The Hall–Kier alpha value is -3.99. The Bertz CT molecular complexity index is 1100. The van der Waals surface area contributed by atoms with Gasteiger partial charge in [-0.3, -0.25) is 4.79 Å².